The number of ether oxygens (including phenoxy) is 1. The highest BCUT2D eigenvalue weighted by atomic mass is 16.5. The molecule has 40 heavy (non-hydrogen) atoms. The number of ketones is 1. The summed E-state index contributed by atoms with van der Waals surface area (Å²) in [5.74, 6) is -0.350. The first-order chi connectivity index (χ1) is 18.6. The van der Waals surface area contributed by atoms with Crippen LogP contribution in [0.5, 0.6) is 5.75 Å². The Labute approximate surface area is 238 Å². The lowest BCUT2D eigenvalue weighted by molar-refractivity contribution is 0.0696. The van der Waals surface area contributed by atoms with Crippen LogP contribution in [-0.2, 0) is 16.4 Å². The Morgan fingerprint density at radius 2 is 1.48 bits per heavy atom. The van der Waals surface area contributed by atoms with Gasteiger partial charge in [-0.1, -0.05) is 58.0 Å². The zero-order chi connectivity index (χ0) is 29.5. The van der Waals surface area contributed by atoms with Gasteiger partial charge >= 0.3 is 5.97 Å². The second-order valence-corrected chi connectivity index (χ2v) is 12.8. The molecule has 0 amide bonds. The molecule has 0 aliphatic heterocycles. The predicted molar refractivity (Wildman–Crippen MR) is 163 cm³/mol. The SMILES string of the molecule is CN(C)c1ccc(C(C)(C)Oc2cc(C(=O)C=Cc3ccc(C(=O)O)cc3)cc3c2C(C)(C)CCC3(C)C)cc1. The van der Waals surface area contributed by atoms with Crippen LogP contribution in [0.2, 0.25) is 0 Å². The van der Waals surface area contributed by atoms with Gasteiger partial charge in [0.25, 0.3) is 0 Å². The van der Waals surface area contributed by atoms with Crippen molar-refractivity contribution in [3.8, 4) is 5.75 Å². The zero-order valence-electron chi connectivity index (χ0n) is 25.0. The van der Waals surface area contributed by atoms with E-state index < -0.39 is 11.6 Å². The van der Waals surface area contributed by atoms with Crippen LogP contribution in [0.1, 0.15) is 97.4 Å². The van der Waals surface area contributed by atoms with E-state index in [9.17, 15) is 9.59 Å². The molecule has 0 atom stereocenters. The number of carbonyl (C=O) groups excluding carboxylic acids is 1. The molecule has 4 rings (SSSR count). The molecule has 0 heterocycles. The molecule has 210 valence electrons. The second kappa shape index (κ2) is 10.6. The number of aromatic carboxylic acids is 1. The number of hydrogen-bond donors (Lipinski definition) is 1. The van der Waals surface area contributed by atoms with Crippen molar-refractivity contribution in [1.82, 2.24) is 0 Å². The fourth-order valence-electron chi connectivity index (χ4n) is 5.45. The van der Waals surface area contributed by atoms with Gasteiger partial charge in [-0.05, 0) is 96.7 Å². The number of carboxylic acid groups (broad SMARTS) is 1. The monoisotopic (exact) mass is 539 g/mol. The summed E-state index contributed by atoms with van der Waals surface area (Å²) >= 11 is 0. The van der Waals surface area contributed by atoms with Crippen LogP contribution in [-0.4, -0.2) is 31.0 Å². The quantitative estimate of drug-likeness (QED) is 0.232. The molecule has 0 fully saturated rings. The molecule has 0 spiro atoms. The summed E-state index contributed by atoms with van der Waals surface area (Å²) < 4.78 is 6.86. The Kier molecular flexibility index (Phi) is 7.72. The Bertz CT molecular complexity index is 1440. The van der Waals surface area contributed by atoms with Crippen LogP contribution in [0.4, 0.5) is 5.69 Å². The summed E-state index contributed by atoms with van der Waals surface area (Å²) in [6.45, 7) is 13.1. The highest BCUT2D eigenvalue weighted by Crippen LogP contribution is 2.51. The zero-order valence-corrected chi connectivity index (χ0v) is 25.0. The van der Waals surface area contributed by atoms with E-state index in [-0.39, 0.29) is 22.2 Å². The van der Waals surface area contributed by atoms with E-state index in [0.717, 1.165) is 41.0 Å². The minimum Gasteiger partial charge on any atom is -0.483 e. The number of fused-ring (bicyclic) bond motifs is 1. The summed E-state index contributed by atoms with van der Waals surface area (Å²) in [7, 11) is 4.05. The van der Waals surface area contributed by atoms with Gasteiger partial charge in [-0.2, -0.15) is 0 Å². The van der Waals surface area contributed by atoms with Crippen LogP contribution in [0.15, 0.2) is 66.7 Å². The highest BCUT2D eigenvalue weighted by Gasteiger charge is 2.41. The highest BCUT2D eigenvalue weighted by molar-refractivity contribution is 6.07. The fourth-order valence-corrected chi connectivity index (χ4v) is 5.45. The van der Waals surface area contributed by atoms with Crippen molar-refractivity contribution in [3.63, 3.8) is 0 Å². The molecular weight excluding hydrogens is 498 g/mol. The number of carbonyl (C=O) groups is 2. The average molecular weight is 540 g/mol. The third-order valence-electron chi connectivity index (χ3n) is 8.20. The standard InChI is InChI=1S/C35H41NO4/c1-33(2)19-20-34(3,4)31-28(33)21-25(29(37)18-11-23-9-12-24(13-10-23)32(38)39)22-30(31)40-35(5,6)26-14-16-27(17-15-26)36(7)8/h9-18,21-22H,19-20H2,1-8H3,(H,38,39). The molecule has 0 unspecified atom stereocenters. The lowest BCUT2D eigenvalue weighted by Gasteiger charge is -2.44. The van der Waals surface area contributed by atoms with Crippen molar-refractivity contribution in [1.29, 1.82) is 0 Å². The van der Waals surface area contributed by atoms with E-state index in [0.29, 0.717) is 5.56 Å². The first-order valence-corrected chi connectivity index (χ1v) is 13.8. The molecule has 0 bridgehead atoms. The average Bonchev–Trinajstić information content (AvgIpc) is 2.89. The smallest absolute Gasteiger partial charge is 0.335 e. The first kappa shape index (κ1) is 29.1. The number of carboxylic acids is 1. The van der Waals surface area contributed by atoms with E-state index in [2.05, 4.69) is 70.7 Å². The topological polar surface area (TPSA) is 66.8 Å². The van der Waals surface area contributed by atoms with E-state index in [1.54, 1.807) is 24.3 Å². The third kappa shape index (κ3) is 5.99. The van der Waals surface area contributed by atoms with Crippen molar-refractivity contribution in [2.45, 2.75) is 70.8 Å². The van der Waals surface area contributed by atoms with Crippen molar-refractivity contribution in [3.05, 3.63) is 100 Å². The molecule has 3 aromatic rings. The Morgan fingerprint density at radius 3 is 2.05 bits per heavy atom. The van der Waals surface area contributed by atoms with Gasteiger partial charge in [-0.15, -0.1) is 0 Å². The lowest BCUT2D eigenvalue weighted by atomic mass is 9.62. The normalized spacial score (nSPS) is 15.9. The maximum absolute atomic E-state index is 13.5. The van der Waals surface area contributed by atoms with Gasteiger partial charge in [0, 0.05) is 30.9 Å². The molecule has 5 nitrogen and oxygen atoms in total. The van der Waals surface area contributed by atoms with Gasteiger partial charge in [0.1, 0.15) is 11.4 Å². The van der Waals surface area contributed by atoms with E-state index >= 15 is 0 Å². The van der Waals surface area contributed by atoms with Gasteiger partial charge in [0.15, 0.2) is 5.78 Å². The number of benzene rings is 3. The van der Waals surface area contributed by atoms with E-state index in [1.807, 2.05) is 26.2 Å². The van der Waals surface area contributed by atoms with Crippen molar-refractivity contribution in [2.75, 3.05) is 19.0 Å². The molecule has 0 saturated heterocycles. The van der Waals surface area contributed by atoms with Crippen LogP contribution in [0.25, 0.3) is 6.08 Å². The number of nitrogens with zero attached hydrogens (tertiary/aromatic N) is 1. The van der Waals surface area contributed by atoms with Crippen LogP contribution >= 0.6 is 0 Å². The molecule has 5 heteroatoms. The Balaban J connectivity index is 1.76. The number of rotatable bonds is 8. The van der Waals surface area contributed by atoms with Crippen LogP contribution < -0.4 is 9.64 Å². The number of anilines is 1. The molecule has 0 aromatic heterocycles. The van der Waals surface area contributed by atoms with Gasteiger partial charge in [0.05, 0.1) is 5.56 Å². The summed E-state index contributed by atoms with van der Waals surface area (Å²) in [6.07, 6.45) is 5.32. The molecule has 1 aliphatic rings. The Hall–Kier alpha value is -3.86. The second-order valence-electron chi connectivity index (χ2n) is 12.8. The maximum Gasteiger partial charge on any atom is 0.335 e. The molecule has 0 saturated carbocycles. The van der Waals surface area contributed by atoms with Crippen molar-refractivity contribution < 1.29 is 19.4 Å². The van der Waals surface area contributed by atoms with E-state index in [1.165, 1.54) is 17.7 Å². The van der Waals surface area contributed by atoms with Crippen molar-refractivity contribution >= 4 is 23.5 Å². The van der Waals surface area contributed by atoms with E-state index in [4.69, 9.17) is 9.84 Å². The van der Waals surface area contributed by atoms with Gasteiger partial charge in [0.2, 0.25) is 0 Å². The lowest BCUT2D eigenvalue weighted by Crippen LogP contribution is -2.36. The maximum atomic E-state index is 13.5. The van der Waals surface area contributed by atoms with Gasteiger partial charge < -0.3 is 14.7 Å². The molecule has 1 N–H and O–H groups in total. The van der Waals surface area contributed by atoms with Gasteiger partial charge in [-0.3, -0.25) is 4.79 Å². The molecule has 1 aliphatic carbocycles. The minimum absolute atomic E-state index is 0.103. The number of hydrogen-bond acceptors (Lipinski definition) is 4. The summed E-state index contributed by atoms with van der Waals surface area (Å²) in [5.41, 5.74) is 5.23. The van der Waals surface area contributed by atoms with Crippen LogP contribution in [0, 0.1) is 0 Å². The van der Waals surface area contributed by atoms with Crippen molar-refractivity contribution in [2.24, 2.45) is 0 Å². The first-order valence-electron chi connectivity index (χ1n) is 13.8. The molecular formula is C35H41NO4. The predicted octanol–water partition coefficient (Wildman–Crippen LogP) is 8.01. The fraction of sp³-hybridized carbons (Fsp3) is 0.371. The molecule has 0 radical (unpaired) electrons. The summed E-state index contributed by atoms with van der Waals surface area (Å²) in [5, 5.41) is 9.15. The Morgan fingerprint density at radius 1 is 0.875 bits per heavy atom. The van der Waals surface area contributed by atoms with Crippen LogP contribution in [0.3, 0.4) is 0 Å². The van der Waals surface area contributed by atoms with Gasteiger partial charge in [-0.25, -0.2) is 4.79 Å². The summed E-state index contributed by atoms with van der Waals surface area (Å²) in [6, 6.07) is 18.8. The minimum atomic E-state index is -0.977. The summed E-state index contributed by atoms with van der Waals surface area (Å²) in [4.78, 5) is 26.7. The largest absolute Gasteiger partial charge is 0.483 e. The number of allylic oxidation sites excluding steroid dienone is 1. The molecule has 3 aromatic carbocycles. The third-order valence-corrected chi connectivity index (χ3v) is 8.20.